The van der Waals surface area contributed by atoms with Crippen LogP contribution < -0.4 is 10.6 Å². The van der Waals surface area contributed by atoms with Crippen LogP contribution in [0.4, 0.5) is 5.69 Å². The first kappa shape index (κ1) is 30.7. The smallest absolute Gasteiger partial charge is 0.247 e. The number of hydrogen-bond donors (Lipinski definition) is 2. The lowest BCUT2D eigenvalue weighted by molar-refractivity contribution is -0.126. The number of benzene rings is 3. The van der Waals surface area contributed by atoms with E-state index in [9.17, 15) is 14.4 Å². The molecule has 1 aliphatic rings. The Labute approximate surface area is 262 Å². The molecule has 0 spiro atoms. The van der Waals surface area contributed by atoms with Gasteiger partial charge < -0.3 is 10.6 Å². The van der Waals surface area contributed by atoms with Crippen molar-refractivity contribution in [3.05, 3.63) is 132 Å². The number of carbonyl (C=O) groups is 3. The third kappa shape index (κ3) is 7.41. The number of nitrogens with zero attached hydrogens (tertiary/aromatic N) is 3. The lowest BCUT2D eigenvalue weighted by Crippen LogP contribution is -2.43. The van der Waals surface area contributed by atoms with E-state index in [-0.39, 0.29) is 23.8 Å². The summed E-state index contributed by atoms with van der Waals surface area (Å²) < 4.78 is 0. The first-order chi connectivity index (χ1) is 21.3. The average molecular weight is 606 g/mol. The molecule has 2 heterocycles. The molecule has 2 N–H and O–H groups in total. The van der Waals surface area contributed by atoms with Gasteiger partial charge in [-0.05, 0) is 61.7 Å². The molecule has 3 amide bonds. The third-order valence-electron chi connectivity index (χ3n) is 7.12. The maximum atomic E-state index is 13.5. The van der Waals surface area contributed by atoms with E-state index >= 15 is 0 Å². The summed E-state index contributed by atoms with van der Waals surface area (Å²) in [7, 11) is 0. The van der Waals surface area contributed by atoms with Gasteiger partial charge in [-0.3, -0.25) is 29.3 Å². The Morgan fingerprint density at radius 2 is 1.45 bits per heavy atom. The zero-order valence-electron chi connectivity index (χ0n) is 24.9. The Kier molecular flexibility index (Phi) is 9.86. The highest BCUT2D eigenvalue weighted by Gasteiger charge is 2.39. The van der Waals surface area contributed by atoms with Gasteiger partial charge in [-0.1, -0.05) is 90.6 Å². The maximum Gasteiger partial charge on any atom is 0.247 e. The Bertz CT molecular complexity index is 1570. The van der Waals surface area contributed by atoms with Gasteiger partial charge in [0.2, 0.25) is 17.7 Å². The predicted molar refractivity (Wildman–Crippen MR) is 175 cm³/mol. The molecule has 3 aromatic carbocycles. The number of pyridine rings is 1. The van der Waals surface area contributed by atoms with E-state index in [1.54, 1.807) is 30.2 Å². The number of aromatic nitrogens is 1. The van der Waals surface area contributed by atoms with Crippen LogP contribution in [0, 0.1) is 0 Å². The molecule has 8 nitrogen and oxygen atoms in total. The van der Waals surface area contributed by atoms with Gasteiger partial charge >= 0.3 is 0 Å². The monoisotopic (exact) mass is 605 g/mol. The highest BCUT2D eigenvalue weighted by Crippen LogP contribution is 2.40. The molecular formula is C35H35N5O3S. The van der Waals surface area contributed by atoms with Crippen LogP contribution in [-0.2, 0) is 20.9 Å². The number of rotatable bonds is 10. The lowest BCUT2D eigenvalue weighted by atomic mass is 9.90. The van der Waals surface area contributed by atoms with Crippen LogP contribution >= 0.6 is 11.8 Å². The topological polar surface area (TPSA) is 104 Å². The number of carbonyl (C=O) groups excluding carboxylic acids is 3. The van der Waals surface area contributed by atoms with Crippen molar-refractivity contribution >= 4 is 40.3 Å². The minimum Gasteiger partial charge on any atom is -0.344 e. The Morgan fingerprint density at radius 1 is 0.841 bits per heavy atom. The number of anilines is 1. The van der Waals surface area contributed by atoms with Crippen molar-refractivity contribution in [3.63, 3.8) is 0 Å². The fourth-order valence-corrected chi connectivity index (χ4v) is 6.21. The van der Waals surface area contributed by atoms with Crippen LogP contribution in [0.2, 0.25) is 0 Å². The second-order valence-electron chi connectivity index (χ2n) is 10.8. The second kappa shape index (κ2) is 14.1. The van der Waals surface area contributed by atoms with Crippen molar-refractivity contribution in [2.24, 2.45) is 4.99 Å². The molecule has 1 fully saturated rings. The van der Waals surface area contributed by atoms with Gasteiger partial charge in [-0.15, -0.1) is 0 Å². The summed E-state index contributed by atoms with van der Waals surface area (Å²) >= 11 is 1.42. The molecule has 1 unspecified atom stereocenters. The summed E-state index contributed by atoms with van der Waals surface area (Å²) in [6.45, 7) is 5.97. The molecule has 1 aromatic heterocycles. The van der Waals surface area contributed by atoms with Crippen molar-refractivity contribution in [1.82, 2.24) is 15.2 Å². The van der Waals surface area contributed by atoms with E-state index in [0.717, 1.165) is 22.4 Å². The number of aliphatic imine (C=N–C) groups is 1. The van der Waals surface area contributed by atoms with Gasteiger partial charge in [0.15, 0.2) is 5.17 Å². The van der Waals surface area contributed by atoms with Crippen LogP contribution in [-0.4, -0.2) is 44.9 Å². The number of thioether (sulfide) groups is 1. The van der Waals surface area contributed by atoms with Crippen LogP contribution in [0.5, 0.6) is 0 Å². The highest BCUT2D eigenvalue weighted by atomic mass is 32.2. The molecule has 5 rings (SSSR count). The van der Waals surface area contributed by atoms with Gasteiger partial charge in [0.1, 0.15) is 11.3 Å². The standard InChI is InChI=1S/C35H35N5O3S/c1-23(2)37-35-40(22-29-16-10-11-21-36-29)34(43)31(44-35)27-17-19-28(20-18-27)39-32(41)24(3)38-33(42)30(25-12-6-4-7-13-25)26-14-8-5-9-15-26/h4-21,23-24,30-31H,22H2,1-3H3,(H,38,42)(H,39,41)/b37-35-/t24-,31?/m0/s1. The molecule has 0 bridgehead atoms. The molecule has 0 saturated carbocycles. The van der Waals surface area contributed by atoms with Crippen LogP contribution in [0.25, 0.3) is 0 Å². The van der Waals surface area contributed by atoms with Crippen LogP contribution in [0.15, 0.2) is 114 Å². The Balaban J connectivity index is 1.24. The quantitative estimate of drug-likeness (QED) is 0.233. The SMILES string of the molecule is CC(C)/N=C1\SC(c2ccc(NC(=O)[C@H](C)NC(=O)C(c3ccccc3)c3ccccc3)cc2)C(=O)N1Cc1ccccn1. The Hall–Kier alpha value is -4.76. The van der Waals surface area contributed by atoms with E-state index in [0.29, 0.717) is 17.4 Å². The van der Waals surface area contributed by atoms with Gasteiger partial charge in [-0.2, -0.15) is 0 Å². The zero-order valence-corrected chi connectivity index (χ0v) is 25.7. The fourth-order valence-electron chi connectivity index (χ4n) is 4.93. The van der Waals surface area contributed by atoms with E-state index in [1.165, 1.54) is 11.8 Å². The van der Waals surface area contributed by atoms with E-state index < -0.39 is 17.2 Å². The van der Waals surface area contributed by atoms with Crippen molar-refractivity contribution in [2.75, 3.05) is 5.32 Å². The van der Waals surface area contributed by atoms with Gasteiger partial charge in [0.25, 0.3) is 0 Å². The summed E-state index contributed by atoms with van der Waals surface area (Å²) in [5, 5.41) is 5.99. The highest BCUT2D eigenvalue weighted by molar-refractivity contribution is 8.15. The largest absolute Gasteiger partial charge is 0.344 e. The summed E-state index contributed by atoms with van der Waals surface area (Å²) in [4.78, 5) is 50.8. The molecular weight excluding hydrogens is 570 g/mol. The number of amidine groups is 1. The lowest BCUT2D eigenvalue weighted by Gasteiger charge is -2.21. The minimum absolute atomic E-state index is 0.0333. The van der Waals surface area contributed by atoms with Gasteiger partial charge in [-0.25, -0.2) is 0 Å². The summed E-state index contributed by atoms with van der Waals surface area (Å²) in [5.41, 5.74) is 3.86. The molecule has 224 valence electrons. The number of nitrogens with one attached hydrogen (secondary N) is 2. The number of hydrogen-bond acceptors (Lipinski definition) is 6. The minimum atomic E-state index is -0.779. The van der Waals surface area contributed by atoms with Crippen molar-refractivity contribution in [1.29, 1.82) is 0 Å². The maximum absolute atomic E-state index is 13.5. The molecule has 1 saturated heterocycles. The molecule has 9 heteroatoms. The predicted octanol–water partition coefficient (Wildman–Crippen LogP) is 5.94. The molecule has 0 radical (unpaired) electrons. The molecule has 2 atom stereocenters. The fraction of sp³-hybridized carbons (Fsp3) is 0.229. The molecule has 4 aromatic rings. The summed E-state index contributed by atoms with van der Waals surface area (Å²) in [6, 6.07) is 31.1. The van der Waals surface area contributed by atoms with Crippen molar-refractivity contribution in [2.45, 2.75) is 50.6 Å². The molecule has 44 heavy (non-hydrogen) atoms. The van der Waals surface area contributed by atoms with Crippen LogP contribution in [0.3, 0.4) is 0 Å². The average Bonchev–Trinajstić information content (AvgIpc) is 3.32. The first-order valence-electron chi connectivity index (χ1n) is 14.6. The second-order valence-corrected chi connectivity index (χ2v) is 11.9. The summed E-state index contributed by atoms with van der Waals surface area (Å²) in [6.07, 6.45) is 1.71. The third-order valence-corrected chi connectivity index (χ3v) is 8.37. The summed E-state index contributed by atoms with van der Waals surface area (Å²) in [5.74, 6) is -1.20. The van der Waals surface area contributed by atoms with Crippen molar-refractivity contribution in [3.8, 4) is 0 Å². The Morgan fingerprint density at radius 3 is 2.02 bits per heavy atom. The first-order valence-corrected chi connectivity index (χ1v) is 15.4. The normalized spacial score (nSPS) is 16.4. The van der Waals surface area contributed by atoms with Gasteiger partial charge in [0, 0.05) is 17.9 Å². The molecule has 1 aliphatic heterocycles. The van der Waals surface area contributed by atoms with Gasteiger partial charge in [0.05, 0.1) is 18.2 Å². The molecule has 0 aliphatic carbocycles. The zero-order chi connectivity index (χ0) is 31.1. The number of amides is 3. The van der Waals surface area contributed by atoms with Crippen molar-refractivity contribution < 1.29 is 14.4 Å². The van der Waals surface area contributed by atoms with Crippen LogP contribution in [0.1, 0.15) is 54.3 Å². The van der Waals surface area contributed by atoms with E-state index in [2.05, 4.69) is 15.6 Å². The van der Waals surface area contributed by atoms with E-state index in [1.807, 2.05) is 105 Å². The van der Waals surface area contributed by atoms with E-state index in [4.69, 9.17) is 4.99 Å².